The summed E-state index contributed by atoms with van der Waals surface area (Å²) in [6.45, 7) is 1.71. The highest BCUT2D eigenvalue weighted by atomic mass is 32.2. The molecule has 1 saturated heterocycles. The number of amides is 3. The highest BCUT2D eigenvalue weighted by Gasteiger charge is 2.37. The number of carbonyl (C=O) groups is 3. The predicted molar refractivity (Wildman–Crippen MR) is 102 cm³/mol. The number of nitrogens with zero attached hydrogens (tertiary/aromatic N) is 1. The number of hydrogen-bond donors (Lipinski definition) is 1. The molecule has 0 bridgehead atoms. The van der Waals surface area contributed by atoms with E-state index in [4.69, 9.17) is 10.5 Å². The average Bonchev–Trinajstić information content (AvgIpc) is 2.91. The van der Waals surface area contributed by atoms with Crippen molar-refractivity contribution < 1.29 is 19.1 Å². The third-order valence-corrected chi connectivity index (χ3v) is 5.32. The third-order valence-electron chi connectivity index (χ3n) is 4.25. The molecular formula is C19H24N2O4S. The fraction of sp³-hybridized carbons (Fsp3) is 0.421. The molecule has 0 atom stereocenters. The van der Waals surface area contributed by atoms with Crippen molar-refractivity contribution in [2.24, 2.45) is 5.73 Å². The van der Waals surface area contributed by atoms with Gasteiger partial charge in [-0.1, -0.05) is 30.2 Å². The molecule has 0 aromatic heterocycles. The highest BCUT2D eigenvalue weighted by Crippen LogP contribution is 2.37. The van der Waals surface area contributed by atoms with Crippen LogP contribution in [-0.2, 0) is 9.59 Å². The summed E-state index contributed by atoms with van der Waals surface area (Å²) in [5, 5.41) is -0.387. The van der Waals surface area contributed by atoms with E-state index in [0.29, 0.717) is 4.91 Å². The smallest absolute Gasteiger partial charge is 0.294 e. The van der Waals surface area contributed by atoms with E-state index in [0.717, 1.165) is 53.7 Å². The zero-order valence-corrected chi connectivity index (χ0v) is 15.9. The van der Waals surface area contributed by atoms with Gasteiger partial charge in [0.1, 0.15) is 12.3 Å². The molecule has 1 aromatic rings. The Morgan fingerprint density at radius 2 is 1.85 bits per heavy atom. The van der Waals surface area contributed by atoms with Gasteiger partial charge in [-0.2, -0.15) is 0 Å². The molecule has 0 spiro atoms. The Hall–Kier alpha value is -2.28. The maximum Gasteiger partial charge on any atom is 0.294 e. The molecule has 0 unspecified atom stereocenters. The quantitative estimate of drug-likeness (QED) is 0.817. The maximum absolute atomic E-state index is 12.0. The van der Waals surface area contributed by atoms with E-state index < -0.39 is 5.91 Å². The Labute approximate surface area is 157 Å². The number of para-hydroxylation sites is 1. The van der Waals surface area contributed by atoms with Gasteiger partial charge in [0.25, 0.3) is 11.1 Å². The number of primary amides is 1. The fourth-order valence-corrected chi connectivity index (χ4v) is 3.88. The van der Waals surface area contributed by atoms with Crippen molar-refractivity contribution in [1.82, 2.24) is 4.90 Å². The van der Waals surface area contributed by atoms with Crippen molar-refractivity contribution in [3.05, 3.63) is 40.3 Å². The molecule has 3 amide bonds. The zero-order valence-electron chi connectivity index (χ0n) is 15.1. The van der Waals surface area contributed by atoms with Crippen LogP contribution in [0.3, 0.4) is 0 Å². The van der Waals surface area contributed by atoms with Gasteiger partial charge in [-0.15, -0.1) is 0 Å². The van der Waals surface area contributed by atoms with Crippen LogP contribution in [0.2, 0.25) is 0 Å². The topological polar surface area (TPSA) is 89.7 Å². The van der Waals surface area contributed by atoms with Crippen LogP contribution in [0.4, 0.5) is 4.79 Å². The Kier molecular flexibility index (Phi) is 7.26. The SMILES string of the molecule is COc1ccccc1C.NC(=O)CN1C(=O)SC(=C2CCCCC2)C1=O. The lowest BCUT2D eigenvalue weighted by molar-refractivity contribution is -0.128. The minimum Gasteiger partial charge on any atom is -0.496 e. The number of methoxy groups -OCH3 is 1. The summed E-state index contributed by atoms with van der Waals surface area (Å²) < 4.78 is 5.04. The first-order chi connectivity index (χ1) is 12.4. The summed E-state index contributed by atoms with van der Waals surface area (Å²) in [6, 6.07) is 7.94. The van der Waals surface area contributed by atoms with Crippen molar-refractivity contribution in [2.45, 2.75) is 39.0 Å². The zero-order chi connectivity index (χ0) is 19.1. The first-order valence-corrected chi connectivity index (χ1v) is 9.39. The molecule has 0 radical (unpaired) electrons. The molecule has 3 rings (SSSR count). The number of benzene rings is 1. The van der Waals surface area contributed by atoms with Gasteiger partial charge in [-0.3, -0.25) is 19.3 Å². The van der Waals surface area contributed by atoms with E-state index in [2.05, 4.69) is 0 Å². The average molecular weight is 376 g/mol. The lowest BCUT2D eigenvalue weighted by atomic mass is 9.94. The van der Waals surface area contributed by atoms with E-state index in [-0.39, 0.29) is 17.7 Å². The van der Waals surface area contributed by atoms with E-state index in [1.54, 1.807) is 7.11 Å². The molecule has 6 nitrogen and oxygen atoms in total. The Morgan fingerprint density at radius 1 is 1.19 bits per heavy atom. The summed E-state index contributed by atoms with van der Waals surface area (Å²) in [7, 11) is 1.68. The van der Waals surface area contributed by atoms with Crippen LogP contribution in [0.1, 0.15) is 37.7 Å². The Bertz CT molecular complexity index is 722. The molecule has 1 aliphatic carbocycles. The number of carbonyl (C=O) groups excluding carboxylic acids is 3. The van der Waals surface area contributed by atoms with Crippen LogP contribution >= 0.6 is 11.8 Å². The van der Waals surface area contributed by atoms with E-state index in [1.807, 2.05) is 31.2 Å². The van der Waals surface area contributed by atoms with E-state index in [1.165, 1.54) is 12.0 Å². The number of imide groups is 1. The van der Waals surface area contributed by atoms with E-state index in [9.17, 15) is 14.4 Å². The Morgan fingerprint density at radius 3 is 2.38 bits per heavy atom. The molecule has 2 fully saturated rings. The molecule has 140 valence electrons. The fourth-order valence-electron chi connectivity index (χ4n) is 2.90. The molecule has 7 heteroatoms. The number of allylic oxidation sites excluding steroid dienone is 1. The molecular weight excluding hydrogens is 352 g/mol. The minimum atomic E-state index is -0.665. The van der Waals surface area contributed by atoms with E-state index >= 15 is 0 Å². The first-order valence-electron chi connectivity index (χ1n) is 8.57. The van der Waals surface area contributed by atoms with Crippen molar-refractivity contribution in [3.8, 4) is 5.75 Å². The lowest BCUT2D eigenvalue weighted by Gasteiger charge is -2.15. The van der Waals surface area contributed by atoms with Crippen molar-refractivity contribution in [1.29, 1.82) is 0 Å². The Balaban J connectivity index is 0.000000228. The standard InChI is InChI=1S/C11H14N2O3S.C8H10O/c12-8(14)6-13-10(15)9(17-11(13)16)7-4-2-1-3-5-7;1-7-5-3-4-6-8(7)9-2/h1-6H2,(H2,12,14);3-6H,1-2H3. The first kappa shape index (κ1) is 20.0. The van der Waals surface area contributed by atoms with Gasteiger partial charge < -0.3 is 10.5 Å². The molecule has 26 heavy (non-hydrogen) atoms. The van der Waals surface area contributed by atoms with Crippen LogP contribution < -0.4 is 10.5 Å². The molecule has 2 N–H and O–H groups in total. The number of rotatable bonds is 3. The van der Waals surface area contributed by atoms with Gasteiger partial charge >= 0.3 is 0 Å². The second kappa shape index (κ2) is 9.43. The van der Waals surface area contributed by atoms with Crippen LogP contribution in [0.25, 0.3) is 0 Å². The number of aryl methyl sites for hydroxylation is 1. The van der Waals surface area contributed by atoms with Crippen LogP contribution in [0, 0.1) is 6.92 Å². The molecule has 1 heterocycles. The number of ether oxygens (including phenoxy) is 1. The van der Waals surface area contributed by atoms with Gasteiger partial charge in [0, 0.05) is 0 Å². The maximum atomic E-state index is 12.0. The van der Waals surface area contributed by atoms with Gasteiger partial charge in [0.05, 0.1) is 12.0 Å². The van der Waals surface area contributed by atoms with Gasteiger partial charge in [0.2, 0.25) is 5.91 Å². The lowest BCUT2D eigenvalue weighted by Crippen LogP contribution is -2.36. The van der Waals surface area contributed by atoms with Gasteiger partial charge in [-0.25, -0.2) is 0 Å². The summed E-state index contributed by atoms with van der Waals surface area (Å²) >= 11 is 0.940. The largest absolute Gasteiger partial charge is 0.496 e. The molecule has 1 aromatic carbocycles. The summed E-state index contributed by atoms with van der Waals surface area (Å²) in [5.41, 5.74) is 7.25. The monoisotopic (exact) mass is 376 g/mol. The molecule has 2 aliphatic rings. The highest BCUT2D eigenvalue weighted by molar-refractivity contribution is 8.18. The number of nitrogens with two attached hydrogens (primary N) is 1. The second-order valence-corrected chi connectivity index (χ2v) is 7.15. The second-order valence-electron chi connectivity index (χ2n) is 6.19. The number of hydrogen-bond acceptors (Lipinski definition) is 5. The minimum absolute atomic E-state index is 0.318. The summed E-state index contributed by atoms with van der Waals surface area (Å²) in [4.78, 5) is 35.8. The van der Waals surface area contributed by atoms with Crippen LogP contribution in [0.5, 0.6) is 5.75 Å². The predicted octanol–water partition coefficient (Wildman–Crippen LogP) is 3.39. The molecule has 1 aliphatic heterocycles. The normalized spacial score (nSPS) is 17.1. The van der Waals surface area contributed by atoms with Crippen LogP contribution in [-0.4, -0.2) is 35.6 Å². The molecule has 1 saturated carbocycles. The summed E-state index contributed by atoms with van der Waals surface area (Å²) in [6.07, 6.45) is 5.07. The van der Waals surface area contributed by atoms with Crippen molar-refractivity contribution in [2.75, 3.05) is 13.7 Å². The van der Waals surface area contributed by atoms with Crippen molar-refractivity contribution >= 4 is 28.8 Å². The summed E-state index contributed by atoms with van der Waals surface area (Å²) in [5.74, 6) is -0.0598. The van der Waals surface area contributed by atoms with Gasteiger partial charge in [0.15, 0.2) is 0 Å². The van der Waals surface area contributed by atoms with Gasteiger partial charge in [-0.05, 0) is 56.0 Å². The number of thioether (sulfide) groups is 1. The van der Waals surface area contributed by atoms with Crippen LogP contribution in [0.15, 0.2) is 34.7 Å². The third kappa shape index (κ3) is 5.11. The van der Waals surface area contributed by atoms with Crippen molar-refractivity contribution in [3.63, 3.8) is 0 Å².